The van der Waals surface area contributed by atoms with Crippen molar-refractivity contribution in [1.29, 1.82) is 0 Å². The fraction of sp³-hybridized carbons (Fsp3) is 0.368. The van der Waals surface area contributed by atoms with Crippen molar-refractivity contribution in [1.82, 2.24) is 19.9 Å². The highest BCUT2D eigenvalue weighted by molar-refractivity contribution is 6.30. The van der Waals surface area contributed by atoms with Crippen LogP contribution in [0.5, 0.6) is 11.8 Å². The number of nitrogens with zero attached hydrogens (tertiary/aromatic N) is 4. The molecule has 0 atom stereocenters. The Labute approximate surface area is 164 Å². The largest absolute Gasteiger partial charge is 0.451 e. The first-order valence-corrected chi connectivity index (χ1v) is 9.22. The van der Waals surface area contributed by atoms with Crippen molar-refractivity contribution < 1.29 is 17.9 Å². The lowest BCUT2D eigenvalue weighted by Gasteiger charge is -2.15. The molecule has 146 valence electrons. The topological polar surface area (TPSA) is 60.8 Å². The lowest BCUT2D eigenvalue weighted by molar-refractivity contribution is -0.144. The number of halogens is 4. The molecule has 4 rings (SSSR count). The van der Waals surface area contributed by atoms with Gasteiger partial charge in [0.2, 0.25) is 5.82 Å². The smallest absolute Gasteiger partial charge is 0.424 e. The fourth-order valence-electron chi connectivity index (χ4n) is 3.01. The molecule has 2 heterocycles. The van der Waals surface area contributed by atoms with Gasteiger partial charge in [0.1, 0.15) is 5.75 Å². The van der Waals surface area contributed by atoms with Crippen molar-refractivity contribution in [2.24, 2.45) is 5.92 Å². The van der Waals surface area contributed by atoms with Gasteiger partial charge in [-0.15, -0.1) is 0 Å². The Morgan fingerprint density at radius 2 is 1.86 bits per heavy atom. The zero-order valence-electron chi connectivity index (χ0n) is 14.9. The van der Waals surface area contributed by atoms with Crippen LogP contribution in [0.2, 0.25) is 5.02 Å². The summed E-state index contributed by atoms with van der Waals surface area (Å²) in [5.41, 5.74) is 1.16. The van der Waals surface area contributed by atoms with Crippen molar-refractivity contribution in [3.8, 4) is 11.8 Å². The summed E-state index contributed by atoms with van der Waals surface area (Å²) in [7, 11) is 0. The Kier molecular flexibility index (Phi) is 4.82. The molecule has 0 unspecified atom stereocenters. The van der Waals surface area contributed by atoms with E-state index in [0.29, 0.717) is 39.8 Å². The number of rotatable bonds is 5. The number of benzene rings is 1. The molecule has 0 N–H and O–H groups in total. The molecule has 0 amide bonds. The van der Waals surface area contributed by atoms with E-state index in [1.54, 1.807) is 19.1 Å². The van der Waals surface area contributed by atoms with Crippen LogP contribution in [-0.4, -0.2) is 19.9 Å². The monoisotopic (exact) mass is 408 g/mol. The number of aryl methyl sites for hydroxylation is 2. The highest BCUT2D eigenvalue weighted by Crippen LogP contribution is 2.38. The highest BCUT2D eigenvalue weighted by Gasteiger charge is 2.36. The van der Waals surface area contributed by atoms with E-state index in [4.69, 9.17) is 16.3 Å². The normalized spacial score (nSPS) is 14.5. The molecule has 0 bridgehead atoms. The molecule has 0 saturated heterocycles. The maximum absolute atomic E-state index is 13.3. The second-order valence-electron chi connectivity index (χ2n) is 6.86. The summed E-state index contributed by atoms with van der Waals surface area (Å²) in [5, 5.41) is 0.816. The van der Waals surface area contributed by atoms with E-state index >= 15 is 0 Å². The van der Waals surface area contributed by atoms with Gasteiger partial charge >= 0.3 is 12.2 Å². The molecule has 1 aliphatic carbocycles. The lowest BCUT2D eigenvalue weighted by Crippen LogP contribution is -2.14. The fourth-order valence-corrected chi connectivity index (χ4v) is 3.10. The van der Waals surface area contributed by atoms with Crippen LogP contribution < -0.4 is 4.74 Å². The van der Waals surface area contributed by atoms with Gasteiger partial charge in [0.25, 0.3) is 0 Å². The van der Waals surface area contributed by atoms with Gasteiger partial charge in [-0.05, 0) is 37.3 Å². The Morgan fingerprint density at radius 3 is 2.50 bits per heavy atom. The summed E-state index contributed by atoms with van der Waals surface area (Å²) >= 11 is 5.79. The van der Waals surface area contributed by atoms with E-state index in [9.17, 15) is 13.2 Å². The van der Waals surface area contributed by atoms with Crippen LogP contribution >= 0.6 is 11.6 Å². The molecule has 1 aliphatic rings. The molecule has 1 aromatic carbocycles. The van der Waals surface area contributed by atoms with Gasteiger partial charge in [-0.25, -0.2) is 19.9 Å². The first-order chi connectivity index (χ1) is 13.3. The summed E-state index contributed by atoms with van der Waals surface area (Å²) in [4.78, 5) is 15.6. The van der Waals surface area contributed by atoms with E-state index in [1.165, 1.54) is 12.4 Å². The molecule has 9 heteroatoms. The molecular formula is C19H16ClF3N4O. The molecule has 1 saturated carbocycles. The van der Waals surface area contributed by atoms with Crippen LogP contribution in [0.15, 0.2) is 24.5 Å². The molecule has 2 aromatic heterocycles. The van der Waals surface area contributed by atoms with E-state index in [2.05, 4.69) is 19.9 Å². The molecule has 1 fully saturated rings. The summed E-state index contributed by atoms with van der Waals surface area (Å²) in [5.74, 6) is -0.260. The first-order valence-electron chi connectivity index (χ1n) is 8.84. The van der Waals surface area contributed by atoms with Crippen molar-refractivity contribution in [3.63, 3.8) is 0 Å². The number of hydrogen-bond acceptors (Lipinski definition) is 5. The van der Waals surface area contributed by atoms with E-state index in [1.807, 2.05) is 0 Å². The Balaban J connectivity index is 1.84. The molecular weight excluding hydrogens is 393 g/mol. The number of ether oxygens (including phenoxy) is 1. The summed E-state index contributed by atoms with van der Waals surface area (Å²) in [6, 6.07) is 3.38. The Bertz CT molecular complexity index is 1020. The predicted octanol–water partition coefficient (Wildman–Crippen LogP) is 5.54. The molecule has 0 aliphatic heterocycles. The third kappa shape index (κ3) is 4.01. The van der Waals surface area contributed by atoms with Crippen LogP contribution in [0.1, 0.15) is 36.3 Å². The second-order valence-corrected chi connectivity index (χ2v) is 7.30. The number of alkyl halides is 3. The predicted molar refractivity (Wildman–Crippen MR) is 97.4 cm³/mol. The third-order valence-electron chi connectivity index (χ3n) is 4.63. The van der Waals surface area contributed by atoms with Crippen molar-refractivity contribution in [3.05, 3.63) is 46.6 Å². The lowest BCUT2D eigenvalue weighted by atomic mass is 10.0. The summed E-state index contributed by atoms with van der Waals surface area (Å²) in [6.07, 6.45) is 1.57. The van der Waals surface area contributed by atoms with Crippen LogP contribution in [0.3, 0.4) is 0 Å². The third-order valence-corrected chi connectivity index (χ3v) is 4.82. The summed E-state index contributed by atoms with van der Waals surface area (Å²) in [6.45, 7) is 1.71. The molecule has 0 radical (unpaired) electrons. The van der Waals surface area contributed by atoms with Gasteiger partial charge in [-0.3, -0.25) is 0 Å². The van der Waals surface area contributed by atoms with Gasteiger partial charge in [-0.2, -0.15) is 13.2 Å². The Hall–Kier alpha value is -2.48. The van der Waals surface area contributed by atoms with E-state index < -0.39 is 12.0 Å². The van der Waals surface area contributed by atoms with Gasteiger partial charge in [-0.1, -0.05) is 30.5 Å². The number of hydrogen-bond donors (Lipinski definition) is 0. The van der Waals surface area contributed by atoms with Crippen molar-refractivity contribution in [2.75, 3.05) is 0 Å². The molecule has 0 spiro atoms. The minimum Gasteiger partial charge on any atom is -0.424 e. The maximum atomic E-state index is 13.3. The molecule has 28 heavy (non-hydrogen) atoms. The van der Waals surface area contributed by atoms with Gasteiger partial charge in [0.15, 0.2) is 0 Å². The van der Waals surface area contributed by atoms with Crippen LogP contribution in [-0.2, 0) is 12.6 Å². The van der Waals surface area contributed by atoms with E-state index in [-0.39, 0.29) is 11.5 Å². The van der Waals surface area contributed by atoms with Crippen molar-refractivity contribution in [2.45, 2.75) is 38.8 Å². The average molecular weight is 409 g/mol. The van der Waals surface area contributed by atoms with Gasteiger partial charge in [0, 0.05) is 0 Å². The van der Waals surface area contributed by atoms with Crippen LogP contribution in [0.25, 0.3) is 10.9 Å². The van der Waals surface area contributed by atoms with Crippen LogP contribution in [0.4, 0.5) is 13.2 Å². The minimum absolute atomic E-state index is 0.0441. The van der Waals surface area contributed by atoms with Crippen molar-refractivity contribution >= 4 is 22.5 Å². The standard InChI is InChI=1S/C19H16ClF3N4O/c1-10-2-7-14(28-18-24-8-12(20)9-25-18)15-13(6-5-11-3-4-11)26-17(19(21,22)23)27-16(10)15/h2,7-9,11H,3-6H2,1H3. The first kappa shape index (κ1) is 18.9. The van der Waals surface area contributed by atoms with Gasteiger partial charge < -0.3 is 4.74 Å². The molecule has 5 nitrogen and oxygen atoms in total. The minimum atomic E-state index is -4.62. The molecule has 3 aromatic rings. The number of aromatic nitrogens is 4. The quantitative estimate of drug-likeness (QED) is 0.555. The maximum Gasteiger partial charge on any atom is 0.451 e. The summed E-state index contributed by atoms with van der Waals surface area (Å²) < 4.78 is 45.8. The highest BCUT2D eigenvalue weighted by atomic mass is 35.5. The van der Waals surface area contributed by atoms with Crippen LogP contribution in [0, 0.1) is 12.8 Å². The Morgan fingerprint density at radius 1 is 1.14 bits per heavy atom. The number of fused-ring (bicyclic) bond motifs is 1. The van der Waals surface area contributed by atoms with E-state index in [0.717, 1.165) is 19.3 Å². The SMILES string of the molecule is Cc1ccc(Oc2ncc(Cl)cn2)c2c(CCC3CC3)nc(C(F)(F)F)nc12. The zero-order valence-corrected chi connectivity index (χ0v) is 15.7. The average Bonchev–Trinajstić information content (AvgIpc) is 3.47. The van der Waals surface area contributed by atoms with Gasteiger partial charge in [0.05, 0.1) is 34.0 Å². The second kappa shape index (κ2) is 7.16. The zero-order chi connectivity index (χ0) is 19.9.